The molecule has 3 aromatic carbocycles. The molecule has 4 N–H and O–H groups in total. The van der Waals surface area contributed by atoms with Gasteiger partial charge in [-0.05, 0) is 72.0 Å². The summed E-state index contributed by atoms with van der Waals surface area (Å²) in [5.74, 6) is -1.26. The van der Waals surface area contributed by atoms with Crippen molar-refractivity contribution in [2.45, 2.75) is 71.9 Å². The molecule has 0 saturated carbocycles. The molecule has 302 valence electrons. The first-order valence-electron chi connectivity index (χ1n) is 18.9. The van der Waals surface area contributed by atoms with E-state index in [1.807, 2.05) is 57.2 Å². The molecule has 0 bridgehead atoms. The fourth-order valence-electron chi connectivity index (χ4n) is 6.52. The number of imide groups is 2. The Labute approximate surface area is 336 Å². The van der Waals surface area contributed by atoms with E-state index >= 15 is 0 Å². The lowest BCUT2D eigenvalue weighted by molar-refractivity contribution is -0.136. The molecule has 2 aliphatic heterocycles. The molecular formula is C42H46N8O8. The maximum absolute atomic E-state index is 13.1. The minimum atomic E-state index is -1.09. The van der Waals surface area contributed by atoms with Crippen LogP contribution in [0.4, 0.5) is 16.4 Å². The van der Waals surface area contributed by atoms with Gasteiger partial charge in [0.15, 0.2) is 0 Å². The monoisotopic (exact) mass is 790 g/mol. The number of nitriles is 1. The second kappa shape index (κ2) is 18.4. The number of aromatic nitrogens is 2. The zero-order valence-corrected chi connectivity index (χ0v) is 33.2. The number of ether oxygens (including phenoxy) is 2. The van der Waals surface area contributed by atoms with Gasteiger partial charge >= 0.3 is 6.03 Å². The highest BCUT2D eigenvalue weighted by Gasteiger charge is 2.44. The van der Waals surface area contributed by atoms with Crippen molar-refractivity contribution in [1.29, 1.82) is 5.26 Å². The van der Waals surface area contributed by atoms with Gasteiger partial charge in [0.2, 0.25) is 17.8 Å². The van der Waals surface area contributed by atoms with E-state index in [1.165, 1.54) is 25.2 Å². The van der Waals surface area contributed by atoms with E-state index in [4.69, 9.17) is 9.47 Å². The molecule has 1 atom stereocenters. The van der Waals surface area contributed by atoms with Crippen LogP contribution < -0.4 is 30.5 Å². The number of fused-ring (bicyclic) bond motifs is 1. The SMILES string of the molecule is CC.CCc1cc(C(C)(C)c2ccc(OCc3ccnc(N(C)O)n3)cc2)cc(C#N)c1OCCNC(=O)Nc1ccc2c(c1)C(=O)N(C1CCC(=O)NC1=O)C2=O. The van der Waals surface area contributed by atoms with Gasteiger partial charge in [-0.15, -0.1) is 0 Å². The van der Waals surface area contributed by atoms with E-state index in [9.17, 15) is 34.4 Å². The maximum Gasteiger partial charge on any atom is 0.319 e. The number of rotatable bonds is 13. The van der Waals surface area contributed by atoms with E-state index in [-0.39, 0.29) is 55.4 Å². The van der Waals surface area contributed by atoms with E-state index < -0.39 is 41.1 Å². The number of aryl methyl sites for hydroxylation is 1. The van der Waals surface area contributed by atoms with Crippen LogP contribution >= 0.6 is 0 Å². The second-order valence-corrected chi connectivity index (χ2v) is 13.7. The van der Waals surface area contributed by atoms with Crippen LogP contribution in [0.2, 0.25) is 0 Å². The lowest BCUT2D eigenvalue weighted by Gasteiger charge is -2.28. The number of nitrogens with zero attached hydrogens (tertiary/aromatic N) is 5. The van der Waals surface area contributed by atoms with Crippen molar-refractivity contribution in [3.63, 3.8) is 0 Å². The van der Waals surface area contributed by atoms with Crippen LogP contribution in [0.25, 0.3) is 0 Å². The summed E-state index contributed by atoms with van der Waals surface area (Å²) in [4.78, 5) is 71.8. The Morgan fingerprint density at radius 2 is 1.74 bits per heavy atom. The molecule has 16 nitrogen and oxygen atoms in total. The van der Waals surface area contributed by atoms with E-state index in [0.717, 1.165) is 26.7 Å². The van der Waals surface area contributed by atoms with Gasteiger partial charge in [0.1, 0.15) is 36.8 Å². The molecule has 0 aliphatic carbocycles. The third-order valence-corrected chi connectivity index (χ3v) is 9.67. The van der Waals surface area contributed by atoms with Crippen LogP contribution in [0.3, 0.4) is 0 Å². The van der Waals surface area contributed by atoms with Gasteiger partial charge in [0.25, 0.3) is 11.8 Å². The minimum Gasteiger partial charge on any atom is -0.490 e. The van der Waals surface area contributed by atoms with Crippen molar-refractivity contribution in [2.75, 3.05) is 30.6 Å². The van der Waals surface area contributed by atoms with Gasteiger partial charge in [-0.2, -0.15) is 5.26 Å². The summed E-state index contributed by atoms with van der Waals surface area (Å²) in [6.45, 7) is 10.4. The average Bonchev–Trinajstić information content (AvgIpc) is 3.47. The third kappa shape index (κ3) is 9.22. The number of amides is 6. The molecule has 6 rings (SSSR count). The molecule has 6 amide bonds. The first-order chi connectivity index (χ1) is 27.8. The highest BCUT2D eigenvalue weighted by molar-refractivity contribution is 6.24. The Balaban J connectivity index is 0.00000315. The largest absolute Gasteiger partial charge is 0.490 e. The Morgan fingerprint density at radius 3 is 2.41 bits per heavy atom. The van der Waals surface area contributed by atoms with Crippen molar-refractivity contribution in [2.24, 2.45) is 0 Å². The number of hydrogen-bond acceptors (Lipinski definition) is 12. The summed E-state index contributed by atoms with van der Waals surface area (Å²) in [5, 5.41) is 28.0. The summed E-state index contributed by atoms with van der Waals surface area (Å²) in [5.41, 5.74) is 3.61. The fourth-order valence-corrected chi connectivity index (χ4v) is 6.52. The number of carbonyl (C=O) groups excluding carboxylic acids is 5. The van der Waals surface area contributed by atoms with Crippen LogP contribution in [0.15, 0.2) is 66.9 Å². The quantitative estimate of drug-likeness (QED) is 0.0774. The number of hydrogen-bond donors (Lipinski definition) is 4. The topological polar surface area (TPSA) is 216 Å². The summed E-state index contributed by atoms with van der Waals surface area (Å²) in [6.07, 6.45) is 2.18. The molecule has 3 heterocycles. The highest BCUT2D eigenvalue weighted by atomic mass is 16.5. The standard InChI is InChI=1S/C40H40N8O8.C2H6/c1-5-23-18-26(40(2,3)25-6-9-29(10-7-25)56-22-28-14-15-42-38(44-28)47(4)54)19-24(21-41)34(23)55-17-16-43-39(53)45-27-8-11-30-31(20-27)37(52)48(36(30)51)32-12-13-33(49)46-35(32)50;1-2/h6-11,14-15,18-20,32,54H,5,12-13,16-17,22H2,1-4H3,(H2,43,45,53)(H,46,49,50);1-2H3. The molecule has 0 spiro atoms. The van der Waals surface area contributed by atoms with Gasteiger partial charge in [-0.1, -0.05) is 52.8 Å². The molecule has 58 heavy (non-hydrogen) atoms. The van der Waals surface area contributed by atoms with Gasteiger partial charge in [-0.3, -0.25) is 34.6 Å². The number of urea groups is 1. The predicted molar refractivity (Wildman–Crippen MR) is 213 cm³/mol. The molecule has 2 aliphatic rings. The first-order valence-corrected chi connectivity index (χ1v) is 18.9. The Bertz CT molecular complexity index is 2250. The molecule has 4 aromatic rings. The van der Waals surface area contributed by atoms with Crippen LogP contribution in [0, 0.1) is 11.3 Å². The smallest absolute Gasteiger partial charge is 0.319 e. The van der Waals surface area contributed by atoms with Crippen LogP contribution in [-0.2, 0) is 28.0 Å². The number of carbonyl (C=O) groups is 5. The number of anilines is 2. The maximum atomic E-state index is 13.1. The summed E-state index contributed by atoms with van der Waals surface area (Å²) in [7, 11) is 1.44. The summed E-state index contributed by atoms with van der Waals surface area (Å²) in [6, 6.07) is 18.0. The van der Waals surface area contributed by atoms with Gasteiger partial charge in [-0.25, -0.2) is 19.8 Å². The van der Waals surface area contributed by atoms with Gasteiger partial charge in [0, 0.05) is 30.8 Å². The predicted octanol–water partition coefficient (Wildman–Crippen LogP) is 5.27. The molecule has 16 heteroatoms. The Kier molecular flexibility index (Phi) is 13.4. The van der Waals surface area contributed by atoms with Crippen LogP contribution in [-0.4, -0.2) is 76.0 Å². The molecule has 1 saturated heterocycles. The third-order valence-electron chi connectivity index (χ3n) is 9.67. The van der Waals surface area contributed by atoms with Crippen molar-refractivity contribution in [1.82, 2.24) is 25.5 Å². The minimum absolute atomic E-state index is 0.00903. The molecule has 1 unspecified atom stereocenters. The zero-order chi connectivity index (χ0) is 42.1. The lowest BCUT2D eigenvalue weighted by Crippen LogP contribution is -2.54. The fraction of sp³-hybridized carbons (Fsp3) is 0.333. The summed E-state index contributed by atoms with van der Waals surface area (Å²) >= 11 is 0. The second-order valence-electron chi connectivity index (χ2n) is 13.7. The summed E-state index contributed by atoms with van der Waals surface area (Å²) < 4.78 is 12.0. The Morgan fingerprint density at radius 1 is 1.02 bits per heavy atom. The zero-order valence-electron chi connectivity index (χ0n) is 33.2. The van der Waals surface area contributed by atoms with Crippen molar-refractivity contribution < 1.29 is 38.7 Å². The molecule has 1 fully saturated rings. The lowest BCUT2D eigenvalue weighted by atomic mass is 9.77. The Hall–Kier alpha value is -6.86. The highest BCUT2D eigenvalue weighted by Crippen LogP contribution is 2.37. The van der Waals surface area contributed by atoms with Gasteiger partial charge < -0.3 is 20.1 Å². The van der Waals surface area contributed by atoms with Gasteiger partial charge in [0.05, 0.1) is 28.9 Å². The molecule has 0 radical (unpaired) electrons. The number of hydroxylamine groups is 1. The van der Waals surface area contributed by atoms with Crippen molar-refractivity contribution in [3.05, 3.63) is 106 Å². The number of nitrogens with one attached hydrogen (secondary N) is 3. The van der Waals surface area contributed by atoms with Crippen LogP contribution in [0.5, 0.6) is 11.5 Å². The van der Waals surface area contributed by atoms with Crippen molar-refractivity contribution in [3.8, 4) is 17.6 Å². The average molecular weight is 791 g/mol. The van der Waals surface area contributed by atoms with E-state index in [2.05, 4.69) is 45.8 Å². The van der Waals surface area contributed by atoms with E-state index in [0.29, 0.717) is 29.2 Å². The molecular weight excluding hydrogens is 745 g/mol. The van der Waals surface area contributed by atoms with Crippen molar-refractivity contribution >= 4 is 41.3 Å². The molecule has 1 aromatic heterocycles. The number of benzene rings is 3. The van der Waals surface area contributed by atoms with Crippen LogP contribution in [0.1, 0.15) is 96.1 Å². The van der Waals surface area contributed by atoms with E-state index in [1.54, 1.807) is 12.3 Å². The number of piperidine rings is 1. The normalized spacial score (nSPS) is 14.7. The first kappa shape index (κ1) is 42.3.